The maximum atomic E-state index is 13.1. The molecule has 3 rings (SSSR count). The molecule has 2 saturated heterocycles. The summed E-state index contributed by atoms with van der Waals surface area (Å²) in [6.07, 6.45) is 0.0574. The fourth-order valence-corrected chi connectivity index (χ4v) is 3.72. The monoisotopic (exact) mass is 378 g/mol. The highest BCUT2D eigenvalue weighted by Crippen LogP contribution is 2.17. The van der Waals surface area contributed by atoms with Gasteiger partial charge in [-0.15, -0.1) is 0 Å². The topological polar surface area (TPSA) is 48.1 Å². The number of benzene rings is 1. The summed E-state index contributed by atoms with van der Waals surface area (Å²) in [5.41, 5.74) is 0.998. The summed E-state index contributed by atoms with van der Waals surface area (Å²) in [4.78, 5) is 18.9. The largest absolute Gasteiger partial charge is 0.374 e. The predicted octanol–water partition coefficient (Wildman–Crippen LogP) is 2.01. The molecule has 1 atom stereocenters. The number of piperazine rings is 1. The van der Waals surface area contributed by atoms with Crippen LogP contribution in [0, 0.1) is 11.7 Å². The minimum atomic E-state index is -0.228. The van der Waals surface area contributed by atoms with Crippen LogP contribution >= 0.6 is 0 Å². The van der Waals surface area contributed by atoms with Gasteiger partial charge in [-0.05, 0) is 30.2 Å². The van der Waals surface area contributed by atoms with Crippen LogP contribution in [0.5, 0.6) is 0 Å². The number of ether oxygens (including phenoxy) is 1. The molecule has 0 saturated carbocycles. The van der Waals surface area contributed by atoms with Crippen molar-refractivity contribution >= 4 is 11.7 Å². The molecule has 7 heteroatoms. The van der Waals surface area contributed by atoms with Gasteiger partial charge in [-0.25, -0.2) is 9.18 Å². The Kier molecular flexibility index (Phi) is 6.90. The minimum Gasteiger partial charge on any atom is -0.374 e. The minimum absolute atomic E-state index is 0.0293. The molecule has 2 heterocycles. The Morgan fingerprint density at radius 3 is 2.56 bits per heavy atom. The summed E-state index contributed by atoms with van der Waals surface area (Å²) < 4.78 is 18.9. The summed E-state index contributed by atoms with van der Waals surface area (Å²) in [6.45, 7) is 11.4. The zero-order valence-corrected chi connectivity index (χ0v) is 16.4. The Bertz CT molecular complexity index is 603. The zero-order valence-electron chi connectivity index (χ0n) is 16.4. The predicted molar refractivity (Wildman–Crippen MR) is 105 cm³/mol. The van der Waals surface area contributed by atoms with Gasteiger partial charge in [0.1, 0.15) is 5.82 Å². The van der Waals surface area contributed by atoms with Crippen LogP contribution < -0.4 is 10.2 Å². The molecule has 2 amide bonds. The van der Waals surface area contributed by atoms with Gasteiger partial charge in [-0.2, -0.15) is 0 Å². The highest BCUT2D eigenvalue weighted by Gasteiger charge is 2.24. The van der Waals surface area contributed by atoms with Crippen molar-refractivity contribution in [2.75, 3.05) is 63.9 Å². The number of rotatable bonds is 5. The summed E-state index contributed by atoms with van der Waals surface area (Å²) in [6, 6.07) is 6.49. The lowest BCUT2D eigenvalue weighted by molar-refractivity contribution is -0.0294. The van der Waals surface area contributed by atoms with Gasteiger partial charge in [0.05, 0.1) is 12.7 Å². The fourth-order valence-electron chi connectivity index (χ4n) is 3.72. The summed E-state index contributed by atoms with van der Waals surface area (Å²) in [5, 5.41) is 3.03. The van der Waals surface area contributed by atoms with Crippen molar-refractivity contribution in [3.05, 3.63) is 30.1 Å². The van der Waals surface area contributed by atoms with Crippen LogP contribution in [-0.4, -0.2) is 80.9 Å². The van der Waals surface area contributed by atoms with Gasteiger partial charge in [-0.3, -0.25) is 4.90 Å². The number of halogens is 1. The molecule has 2 fully saturated rings. The van der Waals surface area contributed by atoms with E-state index in [1.807, 2.05) is 4.90 Å². The van der Waals surface area contributed by atoms with Crippen molar-refractivity contribution in [1.29, 1.82) is 0 Å². The van der Waals surface area contributed by atoms with Crippen LogP contribution in [0.1, 0.15) is 13.8 Å². The van der Waals surface area contributed by atoms with E-state index in [0.717, 1.165) is 45.0 Å². The second-order valence-corrected chi connectivity index (χ2v) is 7.78. The molecule has 2 aliphatic heterocycles. The fraction of sp³-hybridized carbons (Fsp3) is 0.650. The van der Waals surface area contributed by atoms with Crippen molar-refractivity contribution in [3.63, 3.8) is 0 Å². The number of hydrogen-bond acceptors (Lipinski definition) is 4. The van der Waals surface area contributed by atoms with E-state index in [1.54, 1.807) is 12.1 Å². The second-order valence-electron chi connectivity index (χ2n) is 7.78. The van der Waals surface area contributed by atoms with Gasteiger partial charge < -0.3 is 19.9 Å². The first-order valence-electron chi connectivity index (χ1n) is 9.88. The molecule has 0 spiro atoms. The third kappa shape index (κ3) is 5.81. The van der Waals surface area contributed by atoms with E-state index in [9.17, 15) is 9.18 Å². The van der Waals surface area contributed by atoms with Gasteiger partial charge in [0.2, 0.25) is 0 Å². The van der Waals surface area contributed by atoms with E-state index in [2.05, 4.69) is 29.0 Å². The summed E-state index contributed by atoms with van der Waals surface area (Å²) in [5.74, 6) is 0.407. The van der Waals surface area contributed by atoms with Crippen LogP contribution in [-0.2, 0) is 4.74 Å². The molecule has 27 heavy (non-hydrogen) atoms. The average molecular weight is 378 g/mol. The maximum absolute atomic E-state index is 13.1. The van der Waals surface area contributed by atoms with Crippen molar-refractivity contribution < 1.29 is 13.9 Å². The molecule has 0 radical (unpaired) electrons. The molecule has 1 aromatic rings. The average Bonchev–Trinajstić information content (AvgIpc) is 2.67. The molecular formula is C20H31FN4O2. The second kappa shape index (κ2) is 9.37. The van der Waals surface area contributed by atoms with E-state index in [4.69, 9.17) is 4.74 Å². The first-order chi connectivity index (χ1) is 13.0. The Labute approximate surface area is 161 Å². The molecule has 0 aliphatic carbocycles. The first-order valence-corrected chi connectivity index (χ1v) is 9.88. The number of anilines is 1. The van der Waals surface area contributed by atoms with Crippen molar-refractivity contribution in [2.45, 2.75) is 20.0 Å². The quantitative estimate of drug-likeness (QED) is 0.852. The van der Waals surface area contributed by atoms with Gasteiger partial charge in [-0.1, -0.05) is 13.8 Å². The standard InChI is InChI=1S/C20H31FN4O2/c1-16(2)14-23-11-12-27-19(15-23)13-22-20(26)25-9-7-24(8-10-25)18-5-3-17(21)4-6-18/h3-6,16,19H,7-15H2,1-2H3,(H,22,26). The number of nitrogens with one attached hydrogen (secondary N) is 1. The number of nitrogens with zero attached hydrogens (tertiary/aromatic N) is 3. The van der Waals surface area contributed by atoms with Gasteiger partial charge >= 0.3 is 6.03 Å². The normalized spacial score (nSPS) is 21.6. The number of urea groups is 1. The Balaban J connectivity index is 1.40. The van der Waals surface area contributed by atoms with Crippen LogP contribution in [0.25, 0.3) is 0 Å². The zero-order chi connectivity index (χ0) is 19.2. The molecule has 150 valence electrons. The van der Waals surface area contributed by atoms with Crippen LogP contribution in [0.15, 0.2) is 24.3 Å². The van der Waals surface area contributed by atoms with Gasteiger partial charge in [0, 0.05) is 58.0 Å². The highest BCUT2D eigenvalue weighted by molar-refractivity contribution is 5.74. The number of hydrogen-bond donors (Lipinski definition) is 1. The van der Waals surface area contributed by atoms with E-state index in [0.29, 0.717) is 25.6 Å². The van der Waals surface area contributed by atoms with Crippen molar-refractivity contribution in [1.82, 2.24) is 15.1 Å². The smallest absolute Gasteiger partial charge is 0.317 e. The van der Waals surface area contributed by atoms with Crippen LogP contribution in [0.3, 0.4) is 0 Å². The maximum Gasteiger partial charge on any atom is 0.317 e. The van der Waals surface area contributed by atoms with Crippen molar-refractivity contribution in [3.8, 4) is 0 Å². The Hall–Kier alpha value is -1.86. The molecule has 0 bridgehead atoms. The van der Waals surface area contributed by atoms with Crippen molar-refractivity contribution in [2.24, 2.45) is 5.92 Å². The summed E-state index contributed by atoms with van der Waals surface area (Å²) >= 11 is 0. The molecule has 1 unspecified atom stereocenters. The van der Waals surface area contributed by atoms with Gasteiger partial charge in [0.25, 0.3) is 0 Å². The van der Waals surface area contributed by atoms with E-state index in [1.165, 1.54) is 12.1 Å². The Morgan fingerprint density at radius 2 is 1.89 bits per heavy atom. The number of morpholine rings is 1. The lowest BCUT2D eigenvalue weighted by Gasteiger charge is -2.37. The molecule has 1 aromatic carbocycles. The van der Waals surface area contributed by atoms with E-state index >= 15 is 0 Å². The van der Waals surface area contributed by atoms with Crippen LogP contribution in [0.2, 0.25) is 0 Å². The lowest BCUT2D eigenvalue weighted by atomic mass is 10.2. The highest BCUT2D eigenvalue weighted by atomic mass is 19.1. The molecule has 1 N–H and O–H groups in total. The molecule has 6 nitrogen and oxygen atoms in total. The molecular weight excluding hydrogens is 347 g/mol. The third-order valence-corrected chi connectivity index (χ3v) is 5.09. The van der Waals surface area contributed by atoms with Gasteiger partial charge in [0.15, 0.2) is 0 Å². The molecule has 0 aromatic heterocycles. The number of carbonyl (C=O) groups is 1. The summed E-state index contributed by atoms with van der Waals surface area (Å²) in [7, 11) is 0. The SMILES string of the molecule is CC(C)CN1CCOC(CNC(=O)N2CCN(c3ccc(F)cc3)CC2)C1. The number of carbonyl (C=O) groups excluding carboxylic acids is 1. The van der Waals surface area contributed by atoms with E-state index in [-0.39, 0.29) is 18.0 Å². The van der Waals surface area contributed by atoms with Crippen LogP contribution in [0.4, 0.5) is 14.9 Å². The Morgan fingerprint density at radius 1 is 1.19 bits per heavy atom. The van der Waals surface area contributed by atoms with E-state index < -0.39 is 0 Å². The third-order valence-electron chi connectivity index (χ3n) is 5.09. The number of amides is 2. The lowest BCUT2D eigenvalue weighted by Crippen LogP contribution is -2.54. The first kappa shape index (κ1) is 19.9. The molecule has 2 aliphatic rings.